The minimum Gasteiger partial charge on any atom is -0.497 e. The lowest BCUT2D eigenvalue weighted by molar-refractivity contribution is -0.125. The first-order valence-corrected chi connectivity index (χ1v) is 9.48. The van der Waals surface area contributed by atoms with Gasteiger partial charge in [-0.1, -0.05) is 6.07 Å². The Labute approximate surface area is 176 Å². The second-order valence-corrected chi connectivity index (χ2v) is 7.34. The number of nitrogens with one attached hydrogen (secondary N) is 2. The van der Waals surface area contributed by atoms with Crippen molar-refractivity contribution in [3.8, 4) is 11.6 Å². The van der Waals surface area contributed by atoms with Gasteiger partial charge in [0.1, 0.15) is 17.1 Å². The molecule has 3 aromatic rings. The molecule has 31 heavy (non-hydrogen) atoms. The maximum Gasteiger partial charge on any atom is 0.322 e. The molecule has 2 aliphatic rings. The first-order chi connectivity index (χ1) is 14.9. The van der Waals surface area contributed by atoms with E-state index < -0.39 is 17.5 Å². The van der Waals surface area contributed by atoms with Crippen LogP contribution in [0.1, 0.15) is 21.7 Å². The van der Waals surface area contributed by atoms with Crippen molar-refractivity contribution in [1.82, 2.24) is 20.5 Å². The predicted octanol–water partition coefficient (Wildman–Crippen LogP) is 1.54. The number of carbonyl (C=O) groups is 3. The van der Waals surface area contributed by atoms with Crippen LogP contribution in [0.4, 0.5) is 4.79 Å². The first kappa shape index (κ1) is 18.9. The molecule has 0 bridgehead atoms. The van der Waals surface area contributed by atoms with Crippen LogP contribution in [0.2, 0.25) is 0 Å². The Balaban J connectivity index is 1.56. The molecule has 10 heteroatoms. The van der Waals surface area contributed by atoms with Crippen LogP contribution in [0.15, 0.2) is 40.9 Å². The zero-order valence-corrected chi connectivity index (χ0v) is 16.7. The van der Waals surface area contributed by atoms with E-state index in [1.807, 2.05) is 6.07 Å². The van der Waals surface area contributed by atoms with Crippen LogP contribution >= 0.6 is 0 Å². The van der Waals surface area contributed by atoms with Crippen molar-refractivity contribution >= 4 is 28.8 Å². The number of fused-ring (bicyclic) bond motifs is 2. The Hall–Kier alpha value is -4.08. The van der Waals surface area contributed by atoms with Gasteiger partial charge in [0.15, 0.2) is 5.54 Å². The van der Waals surface area contributed by atoms with E-state index in [4.69, 9.17) is 13.9 Å². The number of imide groups is 1. The summed E-state index contributed by atoms with van der Waals surface area (Å²) in [6, 6.07) is 7.81. The monoisotopic (exact) mass is 422 g/mol. The van der Waals surface area contributed by atoms with Crippen molar-refractivity contribution in [2.45, 2.75) is 12.1 Å². The fourth-order valence-corrected chi connectivity index (χ4v) is 4.05. The van der Waals surface area contributed by atoms with Gasteiger partial charge in [-0.2, -0.15) is 0 Å². The normalized spacial score (nSPS) is 20.1. The SMILES string of the molecule is COc1ccc2c(c1)C(=O)N(C[C@@]1(c3cc4c(OC)nccc4o3)NC(=O)NC1=O)C2. The van der Waals surface area contributed by atoms with E-state index in [1.165, 1.54) is 25.3 Å². The minimum absolute atomic E-state index is 0.115. The van der Waals surface area contributed by atoms with Gasteiger partial charge in [0.05, 0.1) is 26.2 Å². The van der Waals surface area contributed by atoms with Gasteiger partial charge in [-0.3, -0.25) is 14.9 Å². The van der Waals surface area contributed by atoms with Gasteiger partial charge in [0.25, 0.3) is 11.8 Å². The number of furan rings is 1. The number of hydrogen-bond donors (Lipinski definition) is 2. The predicted molar refractivity (Wildman–Crippen MR) is 107 cm³/mol. The second-order valence-electron chi connectivity index (χ2n) is 7.34. The molecule has 158 valence electrons. The van der Waals surface area contributed by atoms with Gasteiger partial charge in [-0.05, 0) is 23.8 Å². The van der Waals surface area contributed by atoms with Gasteiger partial charge in [-0.15, -0.1) is 0 Å². The largest absolute Gasteiger partial charge is 0.497 e. The molecule has 1 atom stereocenters. The highest BCUT2D eigenvalue weighted by molar-refractivity contribution is 6.08. The number of amides is 4. The molecular formula is C21H18N4O6. The summed E-state index contributed by atoms with van der Waals surface area (Å²) in [5.74, 6) is 0.192. The van der Waals surface area contributed by atoms with E-state index in [0.29, 0.717) is 28.2 Å². The van der Waals surface area contributed by atoms with Crippen LogP contribution in [-0.4, -0.2) is 48.5 Å². The zero-order valence-electron chi connectivity index (χ0n) is 16.7. The third kappa shape index (κ3) is 2.79. The molecule has 0 unspecified atom stereocenters. The number of benzene rings is 1. The molecule has 0 aliphatic carbocycles. The van der Waals surface area contributed by atoms with Crippen molar-refractivity contribution in [2.75, 3.05) is 20.8 Å². The van der Waals surface area contributed by atoms with Crippen molar-refractivity contribution in [1.29, 1.82) is 0 Å². The van der Waals surface area contributed by atoms with Crippen molar-refractivity contribution < 1.29 is 28.3 Å². The Kier molecular flexibility index (Phi) is 4.10. The van der Waals surface area contributed by atoms with Gasteiger partial charge < -0.3 is 24.1 Å². The Morgan fingerprint density at radius 3 is 2.71 bits per heavy atom. The quantitative estimate of drug-likeness (QED) is 0.598. The molecule has 4 amide bonds. The fourth-order valence-electron chi connectivity index (χ4n) is 4.05. The number of pyridine rings is 1. The van der Waals surface area contributed by atoms with Crippen LogP contribution in [0.5, 0.6) is 11.6 Å². The van der Waals surface area contributed by atoms with Gasteiger partial charge in [0, 0.05) is 24.4 Å². The molecule has 5 rings (SSSR count). The molecule has 1 aromatic carbocycles. The molecule has 0 spiro atoms. The number of nitrogens with zero attached hydrogens (tertiary/aromatic N) is 2. The minimum atomic E-state index is -1.59. The zero-order chi connectivity index (χ0) is 21.8. The molecular weight excluding hydrogens is 404 g/mol. The lowest BCUT2D eigenvalue weighted by Gasteiger charge is -2.29. The topological polar surface area (TPSA) is 123 Å². The number of ether oxygens (including phenoxy) is 2. The third-order valence-corrected chi connectivity index (χ3v) is 5.59. The number of hydrogen-bond acceptors (Lipinski definition) is 7. The van der Waals surface area contributed by atoms with E-state index >= 15 is 0 Å². The summed E-state index contributed by atoms with van der Waals surface area (Å²) in [6.07, 6.45) is 1.52. The highest BCUT2D eigenvalue weighted by atomic mass is 16.5. The van der Waals surface area contributed by atoms with E-state index in [1.54, 1.807) is 24.3 Å². The van der Waals surface area contributed by atoms with Crippen LogP contribution in [-0.2, 0) is 16.9 Å². The van der Waals surface area contributed by atoms with Gasteiger partial charge >= 0.3 is 6.03 Å². The average Bonchev–Trinajstić information content (AvgIpc) is 3.42. The van der Waals surface area contributed by atoms with E-state index in [0.717, 1.165) is 5.56 Å². The number of urea groups is 1. The van der Waals surface area contributed by atoms with Crippen molar-refractivity contribution in [3.63, 3.8) is 0 Å². The van der Waals surface area contributed by atoms with Crippen LogP contribution in [0.25, 0.3) is 11.0 Å². The van der Waals surface area contributed by atoms with E-state index in [9.17, 15) is 14.4 Å². The summed E-state index contributed by atoms with van der Waals surface area (Å²) in [5, 5.41) is 5.46. The molecule has 1 saturated heterocycles. The lowest BCUT2D eigenvalue weighted by atomic mass is 9.95. The molecule has 2 N–H and O–H groups in total. The Morgan fingerprint density at radius 2 is 2.00 bits per heavy atom. The number of rotatable bonds is 5. The van der Waals surface area contributed by atoms with Crippen LogP contribution in [0.3, 0.4) is 0 Å². The number of carbonyl (C=O) groups excluding carboxylic acids is 3. The summed E-state index contributed by atoms with van der Waals surface area (Å²) in [4.78, 5) is 43.7. The molecule has 1 fully saturated rings. The molecule has 0 saturated carbocycles. The number of aromatic nitrogens is 1. The molecule has 0 radical (unpaired) electrons. The first-order valence-electron chi connectivity index (χ1n) is 9.48. The highest BCUT2D eigenvalue weighted by Crippen LogP contribution is 2.36. The molecule has 4 heterocycles. The highest BCUT2D eigenvalue weighted by Gasteiger charge is 2.53. The summed E-state index contributed by atoms with van der Waals surface area (Å²) in [5.41, 5.74) is 0.148. The molecule has 2 aromatic heterocycles. The summed E-state index contributed by atoms with van der Waals surface area (Å²) >= 11 is 0. The smallest absolute Gasteiger partial charge is 0.322 e. The van der Waals surface area contributed by atoms with E-state index in [2.05, 4.69) is 15.6 Å². The molecule has 2 aliphatic heterocycles. The second kappa shape index (κ2) is 6.73. The van der Waals surface area contributed by atoms with Crippen LogP contribution < -0.4 is 20.1 Å². The third-order valence-electron chi connectivity index (χ3n) is 5.59. The van der Waals surface area contributed by atoms with Crippen LogP contribution in [0, 0.1) is 0 Å². The summed E-state index contributed by atoms with van der Waals surface area (Å²) in [7, 11) is 3.00. The number of methoxy groups -OCH3 is 2. The summed E-state index contributed by atoms with van der Waals surface area (Å²) < 4.78 is 16.4. The van der Waals surface area contributed by atoms with E-state index in [-0.39, 0.29) is 24.8 Å². The lowest BCUT2D eigenvalue weighted by Crippen LogP contribution is -2.52. The van der Waals surface area contributed by atoms with Crippen molar-refractivity contribution in [3.05, 3.63) is 53.4 Å². The van der Waals surface area contributed by atoms with Gasteiger partial charge in [0.2, 0.25) is 5.88 Å². The maximum atomic E-state index is 13.1. The molecule has 10 nitrogen and oxygen atoms in total. The summed E-state index contributed by atoms with van der Waals surface area (Å²) in [6.45, 7) is 0.171. The fraction of sp³-hybridized carbons (Fsp3) is 0.238. The van der Waals surface area contributed by atoms with Crippen molar-refractivity contribution in [2.24, 2.45) is 0 Å². The Bertz CT molecular complexity index is 1250. The van der Waals surface area contributed by atoms with Gasteiger partial charge in [-0.25, -0.2) is 9.78 Å². The average molecular weight is 422 g/mol. The standard InChI is InChI=1S/C21H18N4O6/c1-29-12-4-3-11-9-25(18(26)13(11)7-12)10-21(19(27)23-20(28)24-21)16-8-14-15(31-16)5-6-22-17(14)30-2/h3-8H,9-10H2,1-2H3,(H2,23,24,27,28)/t21-/m0/s1. The Morgan fingerprint density at radius 1 is 1.16 bits per heavy atom. The maximum absolute atomic E-state index is 13.1.